The van der Waals surface area contributed by atoms with Gasteiger partial charge in [0.15, 0.2) is 0 Å². The normalized spacial score (nSPS) is 11.2. The predicted molar refractivity (Wildman–Crippen MR) is 79.5 cm³/mol. The maximum Gasteiger partial charge on any atom is 0.345 e. The molecule has 2 aromatic heterocycles. The molecule has 0 aliphatic carbocycles. The van der Waals surface area contributed by atoms with Crippen molar-refractivity contribution >= 4 is 22.5 Å². The lowest BCUT2D eigenvalue weighted by Gasteiger charge is -2.09. The van der Waals surface area contributed by atoms with Gasteiger partial charge in [-0.15, -0.1) is 0 Å². The number of aromatic nitrogens is 2. The lowest BCUT2D eigenvalue weighted by Crippen LogP contribution is -2.26. The maximum absolute atomic E-state index is 12.6. The van der Waals surface area contributed by atoms with Gasteiger partial charge in [-0.3, -0.25) is 9.20 Å². The van der Waals surface area contributed by atoms with Gasteiger partial charge in [0.25, 0.3) is 5.56 Å². The Hall–Kier alpha value is -2.69. The Labute approximate surface area is 120 Å². The van der Waals surface area contributed by atoms with E-state index in [1.54, 1.807) is 19.9 Å². The van der Waals surface area contributed by atoms with Crippen molar-refractivity contribution in [3.63, 3.8) is 0 Å². The molecule has 0 aliphatic heterocycles. The number of pyridine rings is 1. The van der Waals surface area contributed by atoms with Crippen LogP contribution in [0.25, 0.3) is 16.6 Å². The second kappa shape index (κ2) is 5.01. The average Bonchev–Trinajstić information content (AvgIpc) is 2.46. The van der Waals surface area contributed by atoms with Gasteiger partial charge in [0.2, 0.25) is 0 Å². The Morgan fingerprint density at radius 2 is 1.95 bits per heavy atom. The summed E-state index contributed by atoms with van der Waals surface area (Å²) in [4.78, 5) is 28.8. The fourth-order valence-corrected chi connectivity index (χ4v) is 2.23. The molecular weight excluding hydrogens is 268 g/mol. The van der Waals surface area contributed by atoms with Gasteiger partial charge < -0.3 is 4.74 Å². The molecule has 106 valence electrons. The molecule has 0 bridgehead atoms. The summed E-state index contributed by atoms with van der Waals surface area (Å²) in [6, 6.07) is 11.1. The van der Waals surface area contributed by atoms with Crippen LogP contribution in [0.2, 0.25) is 0 Å². The molecule has 0 saturated carbocycles. The van der Waals surface area contributed by atoms with Crippen LogP contribution in [0.1, 0.15) is 24.2 Å². The molecule has 0 N–H and O–H groups in total. The summed E-state index contributed by atoms with van der Waals surface area (Å²) in [5.41, 5.74) is 0.742. The Kier molecular flexibility index (Phi) is 3.17. The van der Waals surface area contributed by atoms with Crippen molar-refractivity contribution < 1.29 is 9.53 Å². The number of esters is 1. The summed E-state index contributed by atoms with van der Waals surface area (Å²) in [6.07, 6.45) is 0.988. The van der Waals surface area contributed by atoms with Gasteiger partial charge in [-0.1, -0.05) is 18.2 Å². The largest absolute Gasteiger partial charge is 0.459 e. The van der Waals surface area contributed by atoms with Crippen molar-refractivity contribution in [1.82, 2.24) is 9.38 Å². The first-order chi connectivity index (χ1) is 10.1. The first-order valence-corrected chi connectivity index (χ1v) is 6.68. The van der Waals surface area contributed by atoms with Crippen LogP contribution >= 0.6 is 0 Å². The number of ether oxygens (including phenoxy) is 1. The predicted octanol–water partition coefficient (Wildman–Crippen LogP) is 2.41. The molecule has 21 heavy (non-hydrogen) atoms. The van der Waals surface area contributed by atoms with E-state index in [1.807, 2.05) is 30.3 Å². The summed E-state index contributed by atoms with van der Waals surface area (Å²) in [5.74, 6) is -0.648. The van der Waals surface area contributed by atoms with Crippen molar-refractivity contribution in [1.29, 1.82) is 0 Å². The van der Waals surface area contributed by atoms with Crippen LogP contribution in [0.3, 0.4) is 0 Å². The van der Waals surface area contributed by atoms with Crippen molar-refractivity contribution in [2.24, 2.45) is 0 Å². The zero-order valence-corrected chi connectivity index (χ0v) is 11.7. The van der Waals surface area contributed by atoms with Crippen LogP contribution in [0.4, 0.5) is 0 Å². The molecule has 0 aliphatic rings. The summed E-state index contributed by atoms with van der Waals surface area (Å²) < 4.78 is 6.52. The number of hydrogen-bond donors (Lipinski definition) is 0. The Morgan fingerprint density at radius 1 is 1.19 bits per heavy atom. The first kappa shape index (κ1) is 13.3. The molecule has 0 spiro atoms. The van der Waals surface area contributed by atoms with E-state index in [0.29, 0.717) is 11.2 Å². The van der Waals surface area contributed by atoms with E-state index >= 15 is 0 Å². The maximum atomic E-state index is 12.6. The van der Waals surface area contributed by atoms with Crippen molar-refractivity contribution in [2.45, 2.75) is 20.0 Å². The topological polar surface area (TPSA) is 60.7 Å². The standard InChI is InChI=1S/C16H14N2O3/c1-10(2)21-16(20)12-9-17-14-8-7-11-5-3-4-6-13(11)18(14)15(12)19/h3-10H,1-2H3. The number of carbonyl (C=O) groups excluding carboxylic acids is 1. The summed E-state index contributed by atoms with van der Waals surface area (Å²) in [7, 11) is 0. The van der Waals surface area contributed by atoms with E-state index in [-0.39, 0.29) is 11.7 Å². The molecule has 0 saturated heterocycles. The quantitative estimate of drug-likeness (QED) is 0.535. The molecule has 1 aromatic carbocycles. The third-order valence-electron chi connectivity index (χ3n) is 3.14. The van der Waals surface area contributed by atoms with Gasteiger partial charge in [-0.05, 0) is 37.4 Å². The highest BCUT2D eigenvalue weighted by Gasteiger charge is 2.16. The van der Waals surface area contributed by atoms with E-state index in [4.69, 9.17) is 4.74 Å². The Balaban J connectivity index is 2.31. The fourth-order valence-electron chi connectivity index (χ4n) is 2.23. The number of hydrogen-bond acceptors (Lipinski definition) is 4. The molecule has 0 fully saturated rings. The highest BCUT2D eigenvalue weighted by molar-refractivity contribution is 5.90. The van der Waals surface area contributed by atoms with Gasteiger partial charge >= 0.3 is 5.97 Å². The molecular formula is C16H14N2O3. The van der Waals surface area contributed by atoms with Gasteiger partial charge in [0.05, 0.1) is 11.6 Å². The highest BCUT2D eigenvalue weighted by Crippen LogP contribution is 2.14. The molecule has 0 amide bonds. The molecule has 0 atom stereocenters. The van der Waals surface area contributed by atoms with Crippen LogP contribution in [-0.4, -0.2) is 21.5 Å². The second-order valence-electron chi connectivity index (χ2n) is 5.02. The van der Waals surface area contributed by atoms with Crippen LogP contribution in [0.5, 0.6) is 0 Å². The smallest absolute Gasteiger partial charge is 0.345 e. The monoisotopic (exact) mass is 282 g/mol. The summed E-state index contributed by atoms with van der Waals surface area (Å²) in [5, 5.41) is 0.906. The minimum absolute atomic E-state index is 0.0578. The van der Waals surface area contributed by atoms with E-state index in [0.717, 1.165) is 5.39 Å². The van der Waals surface area contributed by atoms with Crippen molar-refractivity contribution in [3.8, 4) is 0 Å². The molecule has 0 radical (unpaired) electrons. The molecule has 3 aromatic rings. The Morgan fingerprint density at radius 3 is 2.71 bits per heavy atom. The third-order valence-corrected chi connectivity index (χ3v) is 3.14. The van der Waals surface area contributed by atoms with Gasteiger partial charge in [-0.2, -0.15) is 0 Å². The van der Waals surface area contributed by atoms with Crippen LogP contribution in [0.15, 0.2) is 47.4 Å². The average molecular weight is 282 g/mol. The second-order valence-corrected chi connectivity index (χ2v) is 5.02. The fraction of sp³-hybridized carbons (Fsp3) is 0.188. The Bertz CT molecular complexity index is 897. The number of nitrogens with zero attached hydrogens (tertiary/aromatic N) is 2. The SMILES string of the molecule is CC(C)OC(=O)c1cnc2ccc3ccccc3n2c1=O. The summed E-state index contributed by atoms with van der Waals surface area (Å²) in [6.45, 7) is 3.47. The third kappa shape index (κ3) is 2.27. The summed E-state index contributed by atoms with van der Waals surface area (Å²) >= 11 is 0. The van der Waals surface area contributed by atoms with E-state index < -0.39 is 11.5 Å². The highest BCUT2D eigenvalue weighted by atomic mass is 16.5. The number of fused-ring (bicyclic) bond motifs is 3. The molecule has 0 unspecified atom stereocenters. The number of para-hydroxylation sites is 1. The van der Waals surface area contributed by atoms with Gasteiger partial charge in [0.1, 0.15) is 11.2 Å². The van der Waals surface area contributed by atoms with Crippen LogP contribution in [0, 0.1) is 0 Å². The number of carbonyl (C=O) groups is 1. The zero-order chi connectivity index (χ0) is 15.0. The lowest BCUT2D eigenvalue weighted by atomic mass is 10.2. The van der Waals surface area contributed by atoms with Gasteiger partial charge in [-0.25, -0.2) is 9.78 Å². The van der Waals surface area contributed by atoms with E-state index in [2.05, 4.69) is 4.98 Å². The molecule has 3 rings (SSSR count). The molecule has 2 heterocycles. The minimum Gasteiger partial charge on any atom is -0.459 e. The van der Waals surface area contributed by atoms with Crippen LogP contribution < -0.4 is 5.56 Å². The minimum atomic E-state index is -0.648. The van der Waals surface area contributed by atoms with Crippen LogP contribution in [-0.2, 0) is 4.74 Å². The zero-order valence-electron chi connectivity index (χ0n) is 11.7. The van der Waals surface area contributed by atoms with E-state index in [1.165, 1.54) is 10.6 Å². The van der Waals surface area contributed by atoms with E-state index in [9.17, 15) is 9.59 Å². The molecule has 5 nitrogen and oxygen atoms in total. The molecule has 5 heteroatoms. The van der Waals surface area contributed by atoms with Gasteiger partial charge in [0, 0.05) is 6.20 Å². The van der Waals surface area contributed by atoms with Crippen molar-refractivity contribution in [3.05, 3.63) is 58.5 Å². The lowest BCUT2D eigenvalue weighted by molar-refractivity contribution is 0.0375. The number of rotatable bonds is 2. The first-order valence-electron chi connectivity index (χ1n) is 6.68. The number of benzene rings is 1. The van der Waals surface area contributed by atoms with Crippen molar-refractivity contribution in [2.75, 3.05) is 0 Å².